The Balaban J connectivity index is 1.94. The zero-order chi connectivity index (χ0) is 19.0. The quantitative estimate of drug-likeness (QED) is 0.398. The van der Waals surface area contributed by atoms with E-state index in [9.17, 15) is 9.59 Å². The molecule has 3 aromatic rings. The number of anilines is 1. The van der Waals surface area contributed by atoms with E-state index in [0.29, 0.717) is 16.5 Å². The maximum Gasteiger partial charge on any atom is 0.340 e. The van der Waals surface area contributed by atoms with Crippen molar-refractivity contribution in [2.75, 3.05) is 5.73 Å². The van der Waals surface area contributed by atoms with E-state index in [1.54, 1.807) is 6.07 Å². The molecule has 0 unspecified atom stereocenters. The number of hydrogen-bond donors (Lipinski definition) is 1. The second kappa shape index (κ2) is 7.02. The Morgan fingerprint density at radius 2 is 1.81 bits per heavy atom. The van der Waals surface area contributed by atoms with Gasteiger partial charge in [-0.25, -0.2) is 9.59 Å². The van der Waals surface area contributed by atoms with Gasteiger partial charge in [-0.15, -0.1) is 0 Å². The predicted molar refractivity (Wildman–Crippen MR) is 102 cm³/mol. The molecule has 2 aromatic carbocycles. The Labute approximate surface area is 159 Å². The van der Waals surface area contributed by atoms with E-state index in [-0.39, 0.29) is 27.9 Å². The van der Waals surface area contributed by atoms with Crippen LogP contribution in [0.15, 0.2) is 39.5 Å². The van der Waals surface area contributed by atoms with Crippen molar-refractivity contribution in [2.45, 2.75) is 20.5 Å². The molecule has 0 aliphatic rings. The zero-order valence-electron chi connectivity index (χ0n) is 14.1. The summed E-state index contributed by atoms with van der Waals surface area (Å²) in [6.45, 7) is 3.75. The van der Waals surface area contributed by atoms with Crippen LogP contribution in [0.5, 0.6) is 0 Å². The van der Waals surface area contributed by atoms with Gasteiger partial charge in [-0.1, -0.05) is 23.2 Å². The summed E-state index contributed by atoms with van der Waals surface area (Å²) in [4.78, 5) is 24.2. The Kier molecular flexibility index (Phi) is 4.94. The van der Waals surface area contributed by atoms with Gasteiger partial charge >= 0.3 is 11.6 Å². The molecule has 26 heavy (non-hydrogen) atoms. The lowest BCUT2D eigenvalue weighted by Gasteiger charge is -2.11. The summed E-state index contributed by atoms with van der Waals surface area (Å²) >= 11 is 11.9. The van der Waals surface area contributed by atoms with Crippen molar-refractivity contribution < 1.29 is 13.9 Å². The van der Waals surface area contributed by atoms with E-state index in [0.717, 1.165) is 11.1 Å². The Hall–Kier alpha value is -2.50. The number of hydrogen-bond acceptors (Lipinski definition) is 5. The van der Waals surface area contributed by atoms with E-state index in [4.69, 9.17) is 38.1 Å². The number of ether oxygens (including phenoxy) is 1. The van der Waals surface area contributed by atoms with E-state index in [1.807, 2.05) is 19.9 Å². The lowest BCUT2D eigenvalue weighted by Crippen LogP contribution is -2.10. The number of carbonyl (C=O) groups is 1. The molecular formula is C19H15Cl2NO4. The standard InChI is InChI=1S/C19H15Cl2NO4/c1-9-3-13-11(5-17(23)26-16(13)4-10(9)2)8-25-19(24)14-6-12(20)7-15(21)18(14)22/h3-7H,8,22H2,1-2H3. The monoisotopic (exact) mass is 391 g/mol. The highest BCUT2D eigenvalue weighted by molar-refractivity contribution is 6.37. The smallest absolute Gasteiger partial charge is 0.340 e. The van der Waals surface area contributed by atoms with Crippen LogP contribution in [0.1, 0.15) is 27.0 Å². The number of fused-ring (bicyclic) bond motifs is 1. The molecule has 134 valence electrons. The molecule has 1 heterocycles. The maximum atomic E-state index is 12.4. The van der Waals surface area contributed by atoms with Gasteiger partial charge in [0, 0.05) is 22.0 Å². The van der Waals surface area contributed by atoms with Crippen molar-refractivity contribution in [3.05, 3.63) is 73.1 Å². The molecule has 7 heteroatoms. The van der Waals surface area contributed by atoms with Crippen molar-refractivity contribution in [3.63, 3.8) is 0 Å². The zero-order valence-corrected chi connectivity index (χ0v) is 15.6. The van der Waals surface area contributed by atoms with Gasteiger partial charge in [0.05, 0.1) is 16.3 Å². The maximum absolute atomic E-state index is 12.4. The summed E-state index contributed by atoms with van der Waals surface area (Å²) in [5.41, 5.74) is 8.47. The van der Waals surface area contributed by atoms with Crippen LogP contribution in [0, 0.1) is 13.8 Å². The fraction of sp³-hybridized carbons (Fsp3) is 0.158. The van der Waals surface area contributed by atoms with Gasteiger partial charge in [-0.05, 0) is 49.2 Å². The largest absolute Gasteiger partial charge is 0.457 e. The Morgan fingerprint density at radius 3 is 2.54 bits per heavy atom. The molecule has 0 spiro atoms. The normalized spacial score (nSPS) is 10.9. The van der Waals surface area contributed by atoms with Gasteiger partial charge in [-0.2, -0.15) is 0 Å². The minimum Gasteiger partial charge on any atom is -0.457 e. The molecule has 1 aromatic heterocycles. The van der Waals surface area contributed by atoms with Crippen LogP contribution in [0.25, 0.3) is 11.0 Å². The number of nitrogen functional groups attached to an aromatic ring is 1. The fourth-order valence-electron chi connectivity index (χ4n) is 2.58. The van der Waals surface area contributed by atoms with Gasteiger partial charge in [0.1, 0.15) is 12.2 Å². The molecule has 0 saturated carbocycles. The van der Waals surface area contributed by atoms with Crippen LogP contribution >= 0.6 is 23.2 Å². The lowest BCUT2D eigenvalue weighted by molar-refractivity contribution is 0.0475. The molecule has 0 radical (unpaired) electrons. The van der Waals surface area contributed by atoms with E-state index >= 15 is 0 Å². The number of aryl methyl sites for hydroxylation is 2. The number of halogens is 2. The Morgan fingerprint density at radius 1 is 1.12 bits per heavy atom. The molecule has 0 atom stereocenters. The summed E-state index contributed by atoms with van der Waals surface area (Å²) < 4.78 is 10.6. The molecule has 0 bridgehead atoms. The summed E-state index contributed by atoms with van der Waals surface area (Å²) in [6, 6.07) is 7.80. The van der Waals surface area contributed by atoms with Gasteiger partial charge < -0.3 is 14.9 Å². The lowest BCUT2D eigenvalue weighted by atomic mass is 10.0. The first-order valence-electron chi connectivity index (χ1n) is 7.72. The van der Waals surface area contributed by atoms with E-state index in [2.05, 4.69) is 0 Å². The predicted octanol–water partition coefficient (Wildman–Crippen LogP) is 4.66. The highest BCUT2D eigenvalue weighted by atomic mass is 35.5. The third-order valence-electron chi connectivity index (χ3n) is 4.12. The first-order valence-corrected chi connectivity index (χ1v) is 8.47. The molecule has 0 saturated heterocycles. The number of nitrogens with two attached hydrogens (primary N) is 1. The van der Waals surface area contributed by atoms with Crippen LogP contribution in [-0.4, -0.2) is 5.97 Å². The fourth-order valence-corrected chi connectivity index (χ4v) is 3.07. The third kappa shape index (κ3) is 3.54. The molecule has 0 fully saturated rings. The topological polar surface area (TPSA) is 82.5 Å². The van der Waals surface area contributed by atoms with Gasteiger partial charge in [0.15, 0.2) is 0 Å². The molecular weight excluding hydrogens is 377 g/mol. The second-order valence-electron chi connectivity index (χ2n) is 5.95. The van der Waals surface area contributed by atoms with Crippen molar-refractivity contribution in [1.29, 1.82) is 0 Å². The van der Waals surface area contributed by atoms with Crippen molar-refractivity contribution in [1.82, 2.24) is 0 Å². The van der Waals surface area contributed by atoms with Crippen molar-refractivity contribution >= 4 is 45.8 Å². The molecule has 0 aliphatic carbocycles. The number of carbonyl (C=O) groups excluding carboxylic acids is 1. The van der Waals surface area contributed by atoms with Gasteiger partial charge in [0.2, 0.25) is 0 Å². The number of rotatable bonds is 3. The Bertz CT molecular complexity index is 1090. The van der Waals surface area contributed by atoms with Crippen molar-refractivity contribution in [2.24, 2.45) is 0 Å². The number of benzene rings is 2. The van der Waals surface area contributed by atoms with Crippen LogP contribution in [0.3, 0.4) is 0 Å². The average molecular weight is 392 g/mol. The molecule has 5 nitrogen and oxygen atoms in total. The highest BCUT2D eigenvalue weighted by Crippen LogP contribution is 2.28. The minimum absolute atomic E-state index is 0.0711. The minimum atomic E-state index is -0.683. The van der Waals surface area contributed by atoms with E-state index in [1.165, 1.54) is 18.2 Å². The molecule has 0 aliphatic heterocycles. The molecule has 3 rings (SSSR count). The first kappa shape index (κ1) is 18.3. The van der Waals surface area contributed by atoms with Gasteiger partial charge in [-0.3, -0.25) is 0 Å². The van der Waals surface area contributed by atoms with Crippen LogP contribution < -0.4 is 11.4 Å². The van der Waals surface area contributed by atoms with Crippen LogP contribution in [-0.2, 0) is 11.3 Å². The summed E-state index contributed by atoms with van der Waals surface area (Å²) in [5, 5.41) is 1.15. The SMILES string of the molecule is Cc1cc2oc(=O)cc(COC(=O)c3cc(Cl)cc(Cl)c3N)c2cc1C. The van der Waals surface area contributed by atoms with Crippen LogP contribution in [0.4, 0.5) is 5.69 Å². The number of esters is 1. The highest BCUT2D eigenvalue weighted by Gasteiger charge is 2.16. The summed E-state index contributed by atoms with van der Waals surface area (Å²) in [7, 11) is 0. The van der Waals surface area contributed by atoms with Crippen LogP contribution in [0.2, 0.25) is 10.0 Å². The second-order valence-corrected chi connectivity index (χ2v) is 6.79. The summed E-state index contributed by atoms with van der Waals surface area (Å²) in [5.74, 6) is -0.683. The third-order valence-corrected chi connectivity index (χ3v) is 4.65. The van der Waals surface area contributed by atoms with Gasteiger partial charge in [0.25, 0.3) is 0 Å². The van der Waals surface area contributed by atoms with E-state index < -0.39 is 11.6 Å². The summed E-state index contributed by atoms with van der Waals surface area (Å²) in [6.07, 6.45) is 0. The first-order chi connectivity index (χ1) is 12.3. The molecule has 2 N–H and O–H groups in total. The van der Waals surface area contributed by atoms with Crippen molar-refractivity contribution in [3.8, 4) is 0 Å². The average Bonchev–Trinajstić information content (AvgIpc) is 2.57. The molecule has 0 amide bonds.